The number of halogens is 5. The Hall–Kier alpha value is -0.0769. The zero-order chi connectivity index (χ0) is 23.5. The number of phenols is 1. The molecule has 8 heteroatoms. The first-order valence-electron chi connectivity index (χ1n) is 9.31. The third-order valence-corrected chi connectivity index (χ3v) is 5.89. The third kappa shape index (κ3) is 7.81. The van der Waals surface area contributed by atoms with E-state index in [1.165, 1.54) is 12.1 Å². The molecule has 0 saturated heterocycles. The molecule has 2 aromatic rings. The zero-order valence-corrected chi connectivity index (χ0v) is 23.2. The van der Waals surface area contributed by atoms with E-state index in [4.69, 9.17) is 17.0 Å². The van der Waals surface area contributed by atoms with E-state index in [0.29, 0.717) is 10.9 Å². The first kappa shape index (κ1) is 28.0. The fourth-order valence-corrected chi connectivity index (χ4v) is 4.17. The Balaban J connectivity index is 0.00000141. The Morgan fingerprint density at radius 3 is 1.80 bits per heavy atom. The van der Waals surface area contributed by atoms with Gasteiger partial charge in [-0.3, -0.25) is 0 Å². The van der Waals surface area contributed by atoms with Crippen LogP contribution in [0.1, 0.15) is 63.8 Å². The van der Waals surface area contributed by atoms with E-state index in [1.807, 2.05) is 32.9 Å². The number of aryl methyl sites for hydroxylation is 1. The van der Waals surface area contributed by atoms with Crippen LogP contribution in [0.25, 0.3) is 0 Å². The SMILES string of the molecule is Cc1ccc(Pc2cc(C(C)(C)C)cc(C(C)(C)C)c2O)c(C(F)(F)F)c1.[Cl][Zr][Cl]. The second-order valence-electron chi connectivity index (χ2n) is 9.16. The summed E-state index contributed by atoms with van der Waals surface area (Å²) < 4.78 is 40.5. The van der Waals surface area contributed by atoms with E-state index in [9.17, 15) is 18.3 Å². The molecule has 2 rings (SSSR count). The third-order valence-electron chi connectivity index (χ3n) is 4.53. The summed E-state index contributed by atoms with van der Waals surface area (Å²) in [5, 5.41) is 11.6. The van der Waals surface area contributed by atoms with Crippen LogP contribution in [0.4, 0.5) is 13.2 Å². The topological polar surface area (TPSA) is 20.2 Å². The van der Waals surface area contributed by atoms with Gasteiger partial charge in [-0.1, -0.05) is 73.9 Å². The summed E-state index contributed by atoms with van der Waals surface area (Å²) in [7, 11) is 9.59. The van der Waals surface area contributed by atoms with Gasteiger partial charge in [0.2, 0.25) is 0 Å². The Morgan fingerprint density at radius 2 is 1.37 bits per heavy atom. The molecule has 0 aromatic heterocycles. The van der Waals surface area contributed by atoms with Gasteiger partial charge in [0.1, 0.15) is 5.75 Å². The van der Waals surface area contributed by atoms with E-state index >= 15 is 0 Å². The Kier molecular flexibility index (Phi) is 9.96. The number of hydrogen-bond donors (Lipinski definition) is 1. The van der Waals surface area contributed by atoms with Crippen LogP contribution in [0, 0.1) is 6.92 Å². The van der Waals surface area contributed by atoms with Gasteiger partial charge in [0.25, 0.3) is 0 Å². The number of hydrogen-bond acceptors (Lipinski definition) is 1. The van der Waals surface area contributed by atoms with Gasteiger partial charge in [0.05, 0.1) is 5.56 Å². The minimum atomic E-state index is -4.42. The molecule has 1 nitrogen and oxygen atoms in total. The monoisotopic (exact) mass is 556 g/mol. The van der Waals surface area contributed by atoms with Crippen molar-refractivity contribution in [2.75, 3.05) is 0 Å². The molecule has 0 amide bonds. The van der Waals surface area contributed by atoms with Gasteiger partial charge in [-0.15, -0.1) is 0 Å². The zero-order valence-electron chi connectivity index (χ0n) is 18.2. The molecule has 2 aromatic carbocycles. The van der Waals surface area contributed by atoms with Gasteiger partial charge < -0.3 is 5.11 Å². The van der Waals surface area contributed by atoms with Crippen molar-refractivity contribution in [2.24, 2.45) is 0 Å². The molecule has 0 spiro atoms. The summed E-state index contributed by atoms with van der Waals surface area (Å²) in [4.78, 5) is 0. The molecule has 0 saturated carbocycles. The van der Waals surface area contributed by atoms with Crippen LogP contribution < -0.4 is 10.6 Å². The summed E-state index contributed by atoms with van der Waals surface area (Å²) >= 11 is -0.826. The van der Waals surface area contributed by atoms with E-state index in [2.05, 4.69) is 20.8 Å². The number of aromatic hydroxyl groups is 1. The standard InChI is InChI=1S/C22H28F3OP.2ClH.Zr/c1-13-8-9-17(15(10-13)22(23,24)25)27-18-12-14(20(2,3)4)11-16(19(18)26)21(5,6)7;;;/h8-12,26-27H,1-7H3;2*1H;/q;;;+2/p-2. The maximum absolute atomic E-state index is 13.5. The molecule has 1 unspecified atom stereocenters. The average molecular weight is 559 g/mol. The normalized spacial score (nSPS) is 12.7. The molecule has 0 radical (unpaired) electrons. The predicted molar refractivity (Wildman–Crippen MR) is 121 cm³/mol. The van der Waals surface area contributed by atoms with Gasteiger partial charge in [-0.05, 0) is 40.8 Å². The van der Waals surface area contributed by atoms with Crippen molar-refractivity contribution in [1.29, 1.82) is 0 Å². The molecule has 1 atom stereocenters. The van der Waals surface area contributed by atoms with Crippen LogP contribution in [0.2, 0.25) is 0 Å². The fourth-order valence-electron chi connectivity index (χ4n) is 2.88. The second kappa shape index (κ2) is 10.7. The quantitative estimate of drug-likeness (QED) is 0.383. The van der Waals surface area contributed by atoms with Crippen LogP contribution in [0.3, 0.4) is 0 Å². The molecule has 166 valence electrons. The van der Waals surface area contributed by atoms with Crippen LogP contribution in [-0.4, -0.2) is 5.11 Å². The average Bonchev–Trinajstić information content (AvgIpc) is 2.55. The van der Waals surface area contributed by atoms with Gasteiger partial charge >= 0.3 is 44.1 Å². The number of rotatable bonds is 2. The van der Waals surface area contributed by atoms with E-state index < -0.39 is 32.6 Å². The van der Waals surface area contributed by atoms with Crippen LogP contribution in [0.15, 0.2) is 30.3 Å². The molecular weight excluding hydrogens is 530 g/mol. The van der Waals surface area contributed by atoms with Crippen molar-refractivity contribution in [2.45, 2.75) is 65.5 Å². The van der Waals surface area contributed by atoms with Crippen LogP contribution >= 0.6 is 25.6 Å². The van der Waals surface area contributed by atoms with Crippen LogP contribution in [-0.2, 0) is 37.9 Å². The summed E-state index contributed by atoms with van der Waals surface area (Å²) in [6.07, 6.45) is -4.42. The Bertz CT molecular complexity index is 872. The Labute approximate surface area is 198 Å². The molecule has 0 aliphatic heterocycles. The van der Waals surface area contributed by atoms with Crippen LogP contribution in [0.5, 0.6) is 5.75 Å². The fraction of sp³-hybridized carbons (Fsp3) is 0.455. The van der Waals surface area contributed by atoms with E-state index in [-0.39, 0.29) is 30.5 Å². The number of benzene rings is 2. The number of alkyl halides is 3. The van der Waals surface area contributed by atoms with Gasteiger partial charge in [0.15, 0.2) is 0 Å². The molecule has 0 fully saturated rings. The first-order valence-corrected chi connectivity index (χ1v) is 16.6. The predicted octanol–water partition coefficient (Wildman–Crippen LogP) is 7.32. The van der Waals surface area contributed by atoms with Crippen molar-refractivity contribution < 1.29 is 39.1 Å². The summed E-state index contributed by atoms with van der Waals surface area (Å²) in [6.45, 7) is 13.8. The summed E-state index contributed by atoms with van der Waals surface area (Å²) in [5.41, 5.74) is 1.22. The second-order valence-corrected chi connectivity index (χ2v) is 14.2. The van der Waals surface area contributed by atoms with Crippen molar-refractivity contribution in [3.8, 4) is 5.75 Å². The number of phenolic OH excluding ortho intramolecular Hbond substituents is 1. The molecule has 30 heavy (non-hydrogen) atoms. The van der Waals surface area contributed by atoms with Crippen molar-refractivity contribution >= 4 is 36.2 Å². The van der Waals surface area contributed by atoms with E-state index in [0.717, 1.165) is 11.1 Å². The van der Waals surface area contributed by atoms with Gasteiger partial charge in [-0.25, -0.2) is 0 Å². The van der Waals surface area contributed by atoms with Crippen molar-refractivity contribution in [3.63, 3.8) is 0 Å². The summed E-state index contributed by atoms with van der Waals surface area (Å²) in [5.74, 6) is 0.0996. The van der Waals surface area contributed by atoms with Gasteiger partial charge in [-0.2, -0.15) is 13.2 Å². The molecule has 0 bridgehead atoms. The maximum atomic E-state index is 13.5. The molecular formula is C22H28Cl2F3OPZr. The van der Waals surface area contributed by atoms with Crippen molar-refractivity contribution in [3.05, 3.63) is 52.6 Å². The van der Waals surface area contributed by atoms with Crippen molar-refractivity contribution in [1.82, 2.24) is 0 Å². The van der Waals surface area contributed by atoms with Gasteiger partial charge in [0, 0.05) is 10.9 Å². The first-order chi connectivity index (χ1) is 13.5. The summed E-state index contributed by atoms with van der Waals surface area (Å²) in [6, 6.07) is 8.22. The molecule has 0 aliphatic carbocycles. The minimum absolute atomic E-state index is 0.0996. The molecule has 1 N–H and O–H groups in total. The molecule has 0 heterocycles. The van der Waals surface area contributed by atoms with E-state index in [1.54, 1.807) is 13.0 Å². The Morgan fingerprint density at radius 1 is 0.833 bits per heavy atom. The molecule has 0 aliphatic rings.